The molecule has 0 aliphatic carbocycles. The van der Waals surface area contributed by atoms with Gasteiger partial charge in [-0.2, -0.15) is 0 Å². The predicted octanol–water partition coefficient (Wildman–Crippen LogP) is 1.56. The van der Waals surface area contributed by atoms with E-state index in [-0.39, 0.29) is 12.1 Å². The number of hydrogen-bond acceptors (Lipinski definition) is 4. The standard InChI is InChI=1S/C12H18BrN3O/c1-2-16-5-6-17-11(7-14)12(16)10-4-3-9(13)8-15-10/h3-4,8,11-12H,2,5-7,14H2,1H3. The van der Waals surface area contributed by atoms with E-state index < -0.39 is 0 Å². The summed E-state index contributed by atoms with van der Waals surface area (Å²) in [5.41, 5.74) is 6.82. The van der Waals surface area contributed by atoms with Crippen LogP contribution in [0.3, 0.4) is 0 Å². The van der Waals surface area contributed by atoms with Crippen LogP contribution in [0.4, 0.5) is 0 Å². The van der Waals surface area contributed by atoms with Crippen LogP contribution in [0.25, 0.3) is 0 Å². The maximum absolute atomic E-state index is 5.79. The third-order valence-corrected chi connectivity index (χ3v) is 3.62. The molecule has 2 rings (SSSR count). The Morgan fingerprint density at radius 1 is 1.59 bits per heavy atom. The second-order valence-corrected chi connectivity index (χ2v) is 5.04. The van der Waals surface area contributed by atoms with E-state index in [1.165, 1.54) is 0 Å². The van der Waals surface area contributed by atoms with Gasteiger partial charge in [-0.3, -0.25) is 9.88 Å². The summed E-state index contributed by atoms with van der Waals surface area (Å²) in [5.74, 6) is 0. The molecular weight excluding hydrogens is 282 g/mol. The number of morpholine rings is 1. The van der Waals surface area contributed by atoms with Gasteiger partial charge >= 0.3 is 0 Å². The fourth-order valence-electron chi connectivity index (χ4n) is 2.28. The molecule has 4 nitrogen and oxygen atoms in total. The minimum atomic E-state index is 0.0392. The smallest absolute Gasteiger partial charge is 0.0909 e. The van der Waals surface area contributed by atoms with E-state index in [1.54, 1.807) is 0 Å². The molecule has 1 aromatic rings. The number of pyridine rings is 1. The van der Waals surface area contributed by atoms with Gasteiger partial charge in [0.1, 0.15) is 0 Å². The van der Waals surface area contributed by atoms with E-state index in [9.17, 15) is 0 Å². The number of ether oxygens (including phenoxy) is 1. The van der Waals surface area contributed by atoms with Crippen molar-refractivity contribution in [1.29, 1.82) is 0 Å². The van der Waals surface area contributed by atoms with Gasteiger partial charge in [-0.1, -0.05) is 6.92 Å². The Morgan fingerprint density at radius 2 is 2.41 bits per heavy atom. The van der Waals surface area contributed by atoms with E-state index in [4.69, 9.17) is 10.5 Å². The van der Waals surface area contributed by atoms with Crippen LogP contribution in [-0.2, 0) is 4.74 Å². The maximum atomic E-state index is 5.79. The zero-order valence-electron chi connectivity index (χ0n) is 9.97. The molecule has 0 bridgehead atoms. The molecule has 2 N–H and O–H groups in total. The highest BCUT2D eigenvalue weighted by Gasteiger charge is 2.32. The Bertz CT molecular complexity index is 345. The summed E-state index contributed by atoms with van der Waals surface area (Å²) >= 11 is 3.40. The third-order valence-electron chi connectivity index (χ3n) is 3.15. The lowest BCUT2D eigenvalue weighted by molar-refractivity contribution is -0.0671. The molecule has 0 aromatic carbocycles. The van der Waals surface area contributed by atoms with Gasteiger partial charge in [0.2, 0.25) is 0 Å². The van der Waals surface area contributed by atoms with Crippen molar-refractivity contribution in [3.63, 3.8) is 0 Å². The Balaban J connectivity index is 2.26. The molecule has 1 saturated heterocycles. The first-order valence-electron chi connectivity index (χ1n) is 5.93. The highest BCUT2D eigenvalue weighted by molar-refractivity contribution is 9.10. The Hall–Kier alpha value is -0.490. The van der Waals surface area contributed by atoms with Crippen molar-refractivity contribution in [2.45, 2.75) is 19.1 Å². The molecule has 0 radical (unpaired) electrons. The molecule has 1 aliphatic heterocycles. The number of nitrogens with two attached hydrogens (primary N) is 1. The van der Waals surface area contributed by atoms with Crippen molar-refractivity contribution in [3.05, 3.63) is 28.5 Å². The van der Waals surface area contributed by atoms with Crippen LogP contribution in [0.5, 0.6) is 0 Å². The molecule has 0 spiro atoms. The van der Waals surface area contributed by atoms with Gasteiger partial charge in [0, 0.05) is 23.8 Å². The molecule has 0 amide bonds. The average Bonchev–Trinajstić information content (AvgIpc) is 2.38. The Labute approximate surface area is 110 Å². The van der Waals surface area contributed by atoms with Crippen LogP contribution >= 0.6 is 15.9 Å². The average molecular weight is 300 g/mol. The summed E-state index contributed by atoms with van der Waals surface area (Å²) in [4.78, 5) is 6.85. The lowest BCUT2D eigenvalue weighted by Gasteiger charge is -2.39. The van der Waals surface area contributed by atoms with Crippen molar-refractivity contribution >= 4 is 15.9 Å². The van der Waals surface area contributed by atoms with E-state index in [1.807, 2.05) is 18.3 Å². The lowest BCUT2D eigenvalue weighted by atomic mass is 10.0. The molecular formula is C12H18BrN3O. The topological polar surface area (TPSA) is 51.4 Å². The first kappa shape index (κ1) is 13.0. The zero-order chi connectivity index (χ0) is 12.3. The summed E-state index contributed by atoms with van der Waals surface area (Å²) < 4.78 is 6.73. The second kappa shape index (κ2) is 5.91. The van der Waals surface area contributed by atoms with Gasteiger partial charge in [-0.25, -0.2) is 0 Å². The quantitative estimate of drug-likeness (QED) is 0.920. The van der Waals surface area contributed by atoms with E-state index >= 15 is 0 Å². The maximum Gasteiger partial charge on any atom is 0.0909 e. The van der Waals surface area contributed by atoms with Gasteiger partial charge in [0.05, 0.1) is 24.4 Å². The predicted molar refractivity (Wildman–Crippen MR) is 70.7 cm³/mol. The van der Waals surface area contributed by atoms with Crippen LogP contribution in [0, 0.1) is 0 Å². The first-order valence-corrected chi connectivity index (χ1v) is 6.72. The van der Waals surface area contributed by atoms with Gasteiger partial charge in [-0.05, 0) is 34.6 Å². The number of aromatic nitrogens is 1. The van der Waals surface area contributed by atoms with Crippen LogP contribution < -0.4 is 5.73 Å². The summed E-state index contributed by atoms with van der Waals surface area (Å²) in [6.07, 6.45) is 1.86. The highest BCUT2D eigenvalue weighted by Crippen LogP contribution is 2.28. The molecule has 5 heteroatoms. The summed E-state index contributed by atoms with van der Waals surface area (Å²) in [7, 11) is 0. The highest BCUT2D eigenvalue weighted by atomic mass is 79.9. The summed E-state index contributed by atoms with van der Waals surface area (Å²) in [6.45, 7) is 5.37. The Morgan fingerprint density at radius 3 is 3.00 bits per heavy atom. The van der Waals surface area contributed by atoms with Gasteiger partial charge in [-0.15, -0.1) is 0 Å². The fraction of sp³-hybridized carbons (Fsp3) is 0.583. The lowest BCUT2D eigenvalue weighted by Crippen LogP contribution is -2.48. The van der Waals surface area contributed by atoms with Crippen LogP contribution in [-0.4, -0.2) is 42.2 Å². The molecule has 94 valence electrons. The summed E-state index contributed by atoms with van der Waals surface area (Å²) in [5, 5.41) is 0. The van der Waals surface area contributed by atoms with Crippen molar-refractivity contribution in [2.24, 2.45) is 5.73 Å². The number of likely N-dealkylation sites (N-methyl/N-ethyl adjacent to an activating group) is 1. The van der Waals surface area contributed by atoms with E-state index in [0.717, 1.165) is 29.9 Å². The van der Waals surface area contributed by atoms with Crippen molar-refractivity contribution in [3.8, 4) is 0 Å². The van der Waals surface area contributed by atoms with Crippen LogP contribution in [0.1, 0.15) is 18.7 Å². The molecule has 2 heterocycles. The number of hydrogen-bond donors (Lipinski definition) is 1. The second-order valence-electron chi connectivity index (χ2n) is 4.12. The van der Waals surface area contributed by atoms with Crippen LogP contribution in [0.15, 0.2) is 22.8 Å². The molecule has 1 aliphatic rings. The molecule has 2 atom stereocenters. The van der Waals surface area contributed by atoms with E-state index in [0.29, 0.717) is 6.54 Å². The van der Waals surface area contributed by atoms with Gasteiger partial charge in [0.15, 0.2) is 0 Å². The minimum Gasteiger partial charge on any atom is -0.374 e. The molecule has 17 heavy (non-hydrogen) atoms. The third kappa shape index (κ3) is 2.85. The molecule has 1 aromatic heterocycles. The van der Waals surface area contributed by atoms with Crippen LogP contribution in [0.2, 0.25) is 0 Å². The number of nitrogens with zero attached hydrogens (tertiary/aromatic N) is 2. The Kier molecular flexibility index (Phi) is 4.50. The zero-order valence-corrected chi connectivity index (χ0v) is 11.6. The number of rotatable bonds is 3. The first-order chi connectivity index (χ1) is 8.26. The minimum absolute atomic E-state index is 0.0392. The number of halogens is 1. The molecule has 2 unspecified atom stereocenters. The monoisotopic (exact) mass is 299 g/mol. The van der Waals surface area contributed by atoms with Crippen molar-refractivity contribution in [1.82, 2.24) is 9.88 Å². The van der Waals surface area contributed by atoms with Gasteiger partial charge in [0.25, 0.3) is 0 Å². The summed E-state index contributed by atoms with van der Waals surface area (Å²) in [6, 6.07) is 4.22. The van der Waals surface area contributed by atoms with Crippen molar-refractivity contribution < 1.29 is 4.74 Å². The normalized spacial score (nSPS) is 26.1. The fourth-order valence-corrected chi connectivity index (χ4v) is 2.51. The molecule has 0 saturated carbocycles. The van der Waals surface area contributed by atoms with Crippen molar-refractivity contribution in [2.75, 3.05) is 26.2 Å². The molecule has 1 fully saturated rings. The van der Waals surface area contributed by atoms with E-state index in [2.05, 4.69) is 32.7 Å². The van der Waals surface area contributed by atoms with Gasteiger partial charge < -0.3 is 10.5 Å². The largest absolute Gasteiger partial charge is 0.374 e. The SMILES string of the molecule is CCN1CCOC(CN)C1c1ccc(Br)cn1.